The number of hydrogen-bond acceptors (Lipinski definition) is 3. The molecule has 2 aromatic carbocycles. The lowest BCUT2D eigenvalue weighted by Crippen LogP contribution is -2.20. The van der Waals surface area contributed by atoms with Crippen LogP contribution in [0.4, 0.5) is 5.69 Å². The van der Waals surface area contributed by atoms with E-state index in [0.29, 0.717) is 6.42 Å². The normalized spacial score (nSPS) is 13.2. The van der Waals surface area contributed by atoms with E-state index in [1.165, 1.54) is 29.4 Å². The molecule has 1 unspecified atom stereocenters. The van der Waals surface area contributed by atoms with Gasteiger partial charge in [0.25, 0.3) is 0 Å². The van der Waals surface area contributed by atoms with E-state index in [9.17, 15) is 4.79 Å². The van der Waals surface area contributed by atoms with Crippen molar-refractivity contribution in [3.8, 4) is 11.1 Å². The Labute approximate surface area is 124 Å². The molecule has 1 aliphatic carbocycles. The number of benzene rings is 2. The number of nitrogens with one attached hydrogen (secondary N) is 1. The smallest absolute Gasteiger partial charge is 0.307 e. The zero-order valence-electron chi connectivity index (χ0n) is 12.3. The van der Waals surface area contributed by atoms with Gasteiger partial charge in [0.05, 0.1) is 13.5 Å². The molecule has 0 spiro atoms. The van der Waals surface area contributed by atoms with Crippen molar-refractivity contribution in [1.29, 1.82) is 0 Å². The number of ether oxygens (including phenoxy) is 1. The van der Waals surface area contributed by atoms with Gasteiger partial charge in [-0.3, -0.25) is 4.79 Å². The molecular formula is C18H19NO2. The lowest BCUT2D eigenvalue weighted by Gasteiger charge is -2.15. The van der Waals surface area contributed by atoms with Gasteiger partial charge in [0.15, 0.2) is 0 Å². The van der Waals surface area contributed by atoms with Crippen molar-refractivity contribution in [3.63, 3.8) is 0 Å². The highest BCUT2D eigenvalue weighted by Crippen LogP contribution is 2.37. The van der Waals surface area contributed by atoms with Crippen LogP contribution in [0.25, 0.3) is 11.1 Å². The monoisotopic (exact) mass is 281 g/mol. The molecule has 108 valence electrons. The molecule has 0 fully saturated rings. The molecule has 3 rings (SSSR count). The third-order valence-electron chi connectivity index (χ3n) is 3.91. The molecule has 2 aromatic rings. The first-order valence-corrected chi connectivity index (χ1v) is 7.22. The highest BCUT2D eigenvalue weighted by atomic mass is 16.5. The zero-order valence-corrected chi connectivity index (χ0v) is 12.3. The van der Waals surface area contributed by atoms with Crippen LogP contribution in [0.15, 0.2) is 42.5 Å². The molecule has 0 saturated carbocycles. The third-order valence-corrected chi connectivity index (χ3v) is 3.91. The molecule has 1 aliphatic rings. The van der Waals surface area contributed by atoms with Gasteiger partial charge in [0.2, 0.25) is 0 Å². The van der Waals surface area contributed by atoms with Crippen molar-refractivity contribution >= 4 is 11.7 Å². The maximum Gasteiger partial charge on any atom is 0.307 e. The molecule has 0 radical (unpaired) electrons. The number of carbonyl (C=O) groups excluding carboxylic acids is 1. The largest absolute Gasteiger partial charge is 0.469 e. The van der Waals surface area contributed by atoms with Crippen LogP contribution in [0, 0.1) is 0 Å². The van der Waals surface area contributed by atoms with Crippen LogP contribution < -0.4 is 5.32 Å². The average molecular weight is 281 g/mol. The summed E-state index contributed by atoms with van der Waals surface area (Å²) < 4.78 is 4.70. The number of anilines is 1. The summed E-state index contributed by atoms with van der Waals surface area (Å²) in [7, 11) is 1.42. The first-order chi connectivity index (χ1) is 10.2. The van der Waals surface area contributed by atoms with Crippen LogP contribution in [-0.2, 0) is 16.0 Å². The first-order valence-electron chi connectivity index (χ1n) is 7.22. The summed E-state index contributed by atoms with van der Waals surface area (Å²) in [6.45, 7) is 1.99. The van der Waals surface area contributed by atoms with E-state index in [0.717, 1.165) is 12.1 Å². The highest BCUT2D eigenvalue weighted by molar-refractivity contribution is 5.78. The molecule has 3 heteroatoms. The van der Waals surface area contributed by atoms with E-state index in [1.807, 2.05) is 6.92 Å². The van der Waals surface area contributed by atoms with Crippen molar-refractivity contribution in [2.75, 3.05) is 12.4 Å². The minimum absolute atomic E-state index is 0.0549. The number of fused-ring (bicyclic) bond motifs is 3. The number of methoxy groups -OCH3 is 1. The van der Waals surface area contributed by atoms with Gasteiger partial charge in [-0.05, 0) is 47.7 Å². The lowest BCUT2D eigenvalue weighted by molar-refractivity contribution is -0.140. The van der Waals surface area contributed by atoms with Crippen molar-refractivity contribution in [2.45, 2.75) is 25.8 Å². The van der Waals surface area contributed by atoms with Crippen LogP contribution in [-0.4, -0.2) is 19.1 Å². The number of hydrogen-bond donors (Lipinski definition) is 1. The number of carbonyl (C=O) groups is 1. The Kier molecular flexibility index (Phi) is 3.65. The van der Waals surface area contributed by atoms with Gasteiger partial charge in [-0.25, -0.2) is 0 Å². The molecule has 1 N–H and O–H groups in total. The van der Waals surface area contributed by atoms with E-state index in [-0.39, 0.29) is 12.0 Å². The molecule has 0 saturated heterocycles. The number of esters is 1. The standard InChI is InChI=1S/C18H19NO2/c1-12(9-18(20)21-2)19-15-7-8-17-14(11-15)10-13-5-3-4-6-16(13)17/h3-8,11-12,19H,9-10H2,1-2H3. The molecule has 0 heterocycles. The van der Waals surface area contributed by atoms with Crippen molar-refractivity contribution in [1.82, 2.24) is 0 Å². The Morgan fingerprint density at radius 2 is 1.95 bits per heavy atom. The minimum Gasteiger partial charge on any atom is -0.469 e. The Balaban J connectivity index is 1.76. The summed E-state index contributed by atoms with van der Waals surface area (Å²) in [5.74, 6) is -0.191. The molecule has 0 amide bonds. The van der Waals surface area contributed by atoms with E-state index < -0.39 is 0 Å². The molecule has 1 atom stereocenters. The SMILES string of the molecule is COC(=O)CC(C)Nc1ccc2c(c1)Cc1ccccc1-2. The molecule has 3 nitrogen and oxygen atoms in total. The molecule has 21 heavy (non-hydrogen) atoms. The second-order valence-electron chi connectivity index (χ2n) is 5.53. The van der Waals surface area contributed by atoms with Gasteiger partial charge < -0.3 is 10.1 Å². The molecule has 0 aliphatic heterocycles. The Morgan fingerprint density at radius 3 is 2.76 bits per heavy atom. The minimum atomic E-state index is -0.191. The lowest BCUT2D eigenvalue weighted by atomic mass is 10.1. The Bertz CT molecular complexity index is 679. The van der Waals surface area contributed by atoms with Gasteiger partial charge >= 0.3 is 5.97 Å². The quantitative estimate of drug-likeness (QED) is 0.742. The van der Waals surface area contributed by atoms with E-state index >= 15 is 0 Å². The van der Waals surface area contributed by atoms with E-state index in [4.69, 9.17) is 4.74 Å². The van der Waals surface area contributed by atoms with Crippen molar-refractivity contribution in [3.05, 3.63) is 53.6 Å². The molecule has 0 aromatic heterocycles. The maximum absolute atomic E-state index is 11.3. The fourth-order valence-electron chi connectivity index (χ4n) is 2.90. The summed E-state index contributed by atoms with van der Waals surface area (Å²) in [6.07, 6.45) is 1.35. The van der Waals surface area contributed by atoms with Gasteiger partial charge in [-0.2, -0.15) is 0 Å². The average Bonchev–Trinajstić information content (AvgIpc) is 2.84. The predicted molar refractivity (Wildman–Crippen MR) is 84.4 cm³/mol. The summed E-state index contributed by atoms with van der Waals surface area (Å²) in [5.41, 5.74) is 6.43. The topological polar surface area (TPSA) is 38.3 Å². The van der Waals surface area contributed by atoms with E-state index in [1.54, 1.807) is 0 Å². The maximum atomic E-state index is 11.3. The number of rotatable bonds is 4. The van der Waals surface area contributed by atoms with Crippen LogP contribution in [0.2, 0.25) is 0 Å². The zero-order chi connectivity index (χ0) is 14.8. The van der Waals surface area contributed by atoms with Gasteiger partial charge in [0.1, 0.15) is 0 Å². The summed E-state index contributed by atoms with van der Waals surface area (Å²) >= 11 is 0. The van der Waals surface area contributed by atoms with Gasteiger partial charge in [-0.1, -0.05) is 30.3 Å². The fourth-order valence-corrected chi connectivity index (χ4v) is 2.90. The Hall–Kier alpha value is -2.29. The van der Waals surface area contributed by atoms with Crippen LogP contribution >= 0.6 is 0 Å². The van der Waals surface area contributed by atoms with Crippen molar-refractivity contribution in [2.24, 2.45) is 0 Å². The van der Waals surface area contributed by atoms with Crippen molar-refractivity contribution < 1.29 is 9.53 Å². The summed E-state index contributed by atoms with van der Waals surface area (Å²) in [5, 5.41) is 3.36. The second-order valence-corrected chi connectivity index (χ2v) is 5.53. The molecular weight excluding hydrogens is 262 g/mol. The van der Waals surface area contributed by atoms with Crippen LogP contribution in [0.3, 0.4) is 0 Å². The summed E-state index contributed by atoms with van der Waals surface area (Å²) in [4.78, 5) is 11.3. The molecule has 0 bridgehead atoms. The second kappa shape index (κ2) is 5.60. The predicted octanol–water partition coefficient (Wildman–Crippen LogP) is 3.62. The fraction of sp³-hybridized carbons (Fsp3) is 0.278. The Morgan fingerprint density at radius 1 is 1.19 bits per heavy atom. The van der Waals surface area contributed by atoms with Gasteiger partial charge in [0, 0.05) is 11.7 Å². The third kappa shape index (κ3) is 2.77. The van der Waals surface area contributed by atoms with Crippen LogP contribution in [0.1, 0.15) is 24.5 Å². The highest BCUT2D eigenvalue weighted by Gasteiger charge is 2.18. The van der Waals surface area contributed by atoms with Crippen LogP contribution in [0.5, 0.6) is 0 Å². The van der Waals surface area contributed by atoms with E-state index in [2.05, 4.69) is 47.8 Å². The first kappa shape index (κ1) is 13.7. The summed E-state index contributed by atoms with van der Waals surface area (Å²) in [6, 6.07) is 15.0. The van der Waals surface area contributed by atoms with Gasteiger partial charge in [-0.15, -0.1) is 0 Å².